The van der Waals surface area contributed by atoms with E-state index in [2.05, 4.69) is 9.98 Å². The summed E-state index contributed by atoms with van der Waals surface area (Å²) in [6.07, 6.45) is -3.24. The maximum absolute atomic E-state index is 11.5. The number of rotatable bonds is 6. The van der Waals surface area contributed by atoms with E-state index in [0.717, 1.165) is 6.34 Å². The summed E-state index contributed by atoms with van der Waals surface area (Å²) in [5.74, 6) is -0.689. The van der Waals surface area contributed by atoms with Crippen molar-refractivity contribution < 1.29 is 24.5 Å². The lowest BCUT2D eigenvalue weighted by Crippen LogP contribution is -2.40. The molecule has 1 saturated heterocycles. The Morgan fingerprint density at radius 1 is 1.65 bits per heavy atom. The minimum Gasteiger partial charge on any atom is -0.462 e. The molecule has 10 nitrogen and oxygen atoms in total. The fraction of sp³-hybridized carbons (Fsp3) is 0.500. The van der Waals surface area contributed by atoms with Gasteiger partial charge >= 0.3 is 5.97 Å². The van der Waals surface area contributed by atoms with Gasteiger partial charge in [0.05, 0.1) is 17.1 Å². The molecular formula is C16H21N5O5. The van der Waals surface area contributed by atoms with Gasteiger partial charge in [-0.2, -0.15) is 5.26 Å². The number of aromatic nitrogens is 1. The number of aliphatic hydroxyl groups excluding tert-OH is 2. The number of nitrogens with zero attached hydrogens (tertiary/aromatic N) is 2. The molecular weight excluding hydrogens is 342 g/mol. The number of ether oxygens (including phenoxy) is 2. The van der Waals surface area contributed by atoms with Gasteiger partial charge in [0.2, 0.25) is 5.60 Å². The zero-order valence-electron chi connectivity index (χ0n) is 14.3. The molecule has 0 aliphatic carbocycles. The number of carbonyl (C=O) groups is 1. The third-order valence-electron chi connectivity index (χ3n) is 4.12. The van der Waals surface area contributed by atoms with Gasteiger partial charge in [0.15, 0.2) is 0 Å². The molecule has 0 spiro atoms. The number of esters is 1. The quantitative estimate of drug-likeness (QED) is 0.248. The molecule has 2 rings (SSSR count). The van der Waals surface area contributed by atoms with Crippen molar-refractivity contribution in [2.24, 2.45) is 10.7 Å². The first-order valence-electron chi connectivity index (χ1n) is 7.87. The predicted octanol–water partition coefficient (Wildman–Crippen LogP) is -0.839. The number of hydrogen-bond acceptors (Lipinski definition) is 8. The molecule has 6 N–H and O–H groups in total. The summed E-state index contributed by atoms with van der Waals surface area (Å²) in [5, 5.41) is 37.3. The molecule has 1 aliphatic rings. The first kappa shape index (κ1) is 19.7. The van der Waals surface area contributed by atoms with Crippen LogP contribution in [0.25, 0.3) is 0 Å². The molecule has 1 aliphatic heterocycles. The van der Waals surface area contributed by atoms with Crippen LogP contribution >= 0.6 is 0 Å². The summed E-state index contributed by atoms with van der Waals surface area (Å²) >= 11 is 0. The third kappa shape index (κ3) is 3.51. The van der Waals surface area contributed by atoms with Crippen LogP contribution in [-0.2, 0) is 19.9 Å². The van der Waals surface area contributed by atoms with Gasteiger partial charge in [0.1, 0.15) is 43.4 Å². The summed E-state index contributed by atoms with van der Waals surface area (Å²) in [6.45, 7) is 2.75. The number of nitrogens with two attached hydrogens (primary N) is 1. The minimum atomic E-state index is -1.87. The number of hydrogen-bond donors (Lipinski definition) is 5. The van der Waals surface area contributed by atoms with E-state index in [0.29, 0.717) is 11.4 Å². The highest BCUT2D eigenvalue weighted by Gasteiger charge is 2.57. The number of aromatic amines is 1. The molecule has 1 aromatic heterocycles. The fourth-order valence-electron chi connectivity index (χ4n) is 2.61. The van der Waals surface area contributed by atoms with Crippen LogP contribution in [0.2, 0.25) is 0 Å². The molecule has 0 saturated carbocycles. The van der Waals surface area contributed by atoms with Crippen molar-refractivity contribution >= 4 is 18.0 Å². The molecule has 0 bridgehead atoms. The van der Waals surface area contributed by atoms with E-state index < -0.39 is 35.9 Å². The number of aliphatic imine (C=N–C) groups is 1. The lowest BCUT2D eigenvalue weighted by Gasteiger charge is -2.23. The van der Waals surface area contributed by atoms with Gasteiger partial charge in [-0.1, -0.05) is 0 Å². The van der Waals surface area contributed by atoms with Crippen molar-refractivity contribution in [3.8, 4) is 6.07 Å². The first-order chi connectivity index (χ1) is 12.3. The number of carbonyl (C=O) groups excluding carboxylic acids is 1. The van der Waals surface area contributed by atoms with Crippen LogP contribution in [0.1, 0.15) is 25.2 Å². The lowest BCUT2D eigenvalue weighted by molar-refractivity contribution is -0.151. The standard InChI is InChI=1S/C16H21N5O5/c1-8(19)15(24)25-5-11-13(22)14(23)16(6-17,26-11)12-4-3-10(21-12)9(2)20-7-18/h3-4,7-8,11,13-14,18,21-23H,5,19H2,1-2H3/t8-,11?,13+,14+,16-/m0/s1. The van der Waals surface area contributed by atoms with Gasteiger partial charge in [-0.05, 0) is 26.0 Å². The Kier molecular flexibility index (Phi) is 5.89. The van der Waals surface area contributed by atoms with Crippen molar-refractivity contribution in [2.45, 2.75) is 43.8 Å². The summed E-state index contributed by atoms with van der Waals surface area (Å²) < 4.78 is 10.5. The number of aliphatic hydroxyl groups is 2. The maximum atomic E-state index is 11.5. The lowest BCUT2D eigenvalue weighted by atomic mass is 9.93. The van der Waals surface area contributed by atoms with Crippen LogP contribution in [0.5, 0.6) is 0 Å². The molecule has 0 aromatic carbocycles. The molecule has 0 radical (unpaired) electrons. The van der Waals surface area contributed by atoms with E-state index in [4.69, 9.17) is 20.6 Å². The second kappa shape index (κ2) is 7.76. The molecule has 140 valence electrons. The number of H-pyrrole nitrogens is 1. The molecule has 2 heterocycles. The molecule has 1 unspecified atom stereocenters. The Bertz CT molecular complexity index is 752. The normalized spacial score (nSPS) is 29.8. The zero-order valence-corrected chi connectivity index (χ0v) is 14.3. The summed E-state index contributed by atoms with van der Waals surface area (Å²) in [4.78, 5) is 18.2. The summed E-state index contributed by atoms with van der Waals surface area (Å²) in [7, 11) is 0. The largest absolute Gasteiger partial charge is 0.462 e. The highest BCUT2D eigenvalue weighted by atomic mass is 16.6. The van der Waals surface area contributed by atoms with Crippen LogP contribution < -0.4 is 5.73 Å². The Morgan fingerprint density at radius 2 is 2.35 bits per heavy atom. The molecule has 5 atom stereocenters. The van der Waals surface area contributed by atoms with Crippen molar-refractivity contribution in [3.63, 3.8) is 0 Å². The Hall–Kier alpha value is -2.58. The van der Waals surface area contributed by atoms with Crippen LogP contribution in [0.4, 0.5) is 0 Å². The monoisotopic (exact) mass is 363 g/mol. The average Bonchev–Trinajstić information content (AvgIpc) is 3.19. The number of nitriles is 1. The molecule has 26 heavy (non-hydrogen) atoms. The second-order valence-electron chi connectivity index (χ2n) is 5.99. The predicted molar refractivity (Wildman–Crippen MR) is 90.6 cm³/mol. The zero-order chi connectivity index (χ0) is 19.5. The van der Waals surface area contributed by atoms with E-state index in [1.807, 2.05) is 6.07 Å². The van der Waals surface area contributed by atoms with Crippen LogP contribution in [0.15, 0.2) is 17.1 Å². The maximum Gasteiger partial charge on any atom is 0.322 e. The summed E-state index contributed by atoms with van der Waals surface area (Å²) in [5.41, 5.74) is 4.76. The van der Waals surface area contributed by atoms with Crippen molar-refractivity contribution in [3.05, 3.63) is 23.5 Å². The van der Waals surface area contributed by atoms with Crippen LogP contribution in [0, 0.1) is 16.7 Å². The van der Waals surface area contributed by atoms with Crippen molar-refractivity contribution in [1.29, 1.82) is 10.7 Å². The fourth-order valence-corrected chi connectivity index (χ4v) is 2.61. The molecule has 1 fully saturated rings. The van der Waals surface area contributed by atoms with Gasteiger partial charge in [0, 0.05) is 0 Å². The molecule has 10 heteroatoms. The molecule has 0 amide bonds. The summed E-state index contributed by atoms with van der Waals surface area (Å²) in [6, 6.07) is 4.17. The van der Waals surface area contributed by atoms with Gasteiger partial charge < -0.3 is 30.4 Å². The first-order valence-corrected chi connectivity index (χ1v) is 7.87. The van der Waals surface area contributed by atoms with E-state index in [1.54, 1.807) is 13.0 Å². The Balaban J connectivity index is 2.25. The highest BCUT2D eigenvalue weighted by Crippen LogP contribution is 2.39. The molecule has 1 aromatic rings. The van der Waals surface area contributed by atoms with Crippen LogP contribution in [-0.4, -0.2) is 64.2 Å². The van der Waals surface area contributed by atoms with Gasteiger partial charge in [-0.25, -0.2) is 4.99 Å². The van der Waals surface area contributed by atoms with Gasteiger partial charge in [-0.3, -0.25) is 10.2 Å². The smallest absolute Gasteiger partial charge is 0.322 e. The Morgan fingerprint density at radius 3 is 2.92 bits per heavy atom. The number of nitrogens with one attached hydrogen (secondary N) is 2. The SMILES string of the molecule is CC(=NC=N)c1ccc([C@]2(C#N)OC(COC(=O)[C@H](C)N)[C@@H](O)[C@H]2O)[nH]1. The highest BCUT2D eigenvalue weighted by molar-refractivity contribution is 6.00. The van der Waals surface area contributed by atoms with Crippen LogP contribution in [0.3, 0.4) is 0 Å². The van der Waals surface area contributed by atoms with E-state index in [9.17, 15) is 20.3 Å². The Labute approximate surface area is 149 Å². The topological polar surface area (TPSA) is 178 Å². The van der Waals surface area contributed by atoms with Crippen molar-refractivity contribution in [2.75, 3.05) is 6.61 Å². The van der Waals surface area contributed by atoms with E-state index in [-0.39, 0.29) is 12.3 Å². The van der Waals surface area contributed by atoms with Gasteiger partial charge in [-0.15, -0.1) is 0 Å². The minimum absolute atomic E-state index is 0.210. The third-order valence-corrected chi connectivity index (χ3v) is 4.12. The average molecular weight is 363 g/mol. The van der Waals surface area contributed by atoms with E-state index in [1.165, 1.54) is 13.0 Å². The van der Waals surface area contributed by atoms with Crippen molar-refractivity contribution in [1.82, 2.24) is 4.98 Å². The van der Waals surface area contributed by atoms with Gasteiger partial charge in [0.25, 0.3) is 0 Å². The van der Waals surface area contributed by atoms with E-state index >= 15 is 0 Å². The second-order valence-corrected chi connectivity index (χ2v) is 5.99.